The van der Waals surface area contributed by atoms with E-state index in [4.69, 9.17) is 4.42 Å². The molecular weight excluding hydrogens is 228 g/mol. The van der Waals surface area contributed by atoms with Crippen LogP contribution in [0.3, 0.4) is 0 Å². The van der Waals surface area contributed by atoms with E-state index in [0.717, 1.165) is 5.76 Å². The molecule has 1 rings (SSSR count). The zero-order valence-corrected chi connectivity index (χ0v) is 12.0. The lowest BCUT2D eigenvalue weighted by Gasteiger charge is -2.24. The molecule has 0 unspecified atom stereocenters. The Hall–Kier alpha value is -1.29. The first-order valence-corrected chi connectivity index (χ1v) is 6.26. The zero-order chi connectivity index (χ0) is 13.8. The van der Waals surface area contributed by atoms with Crippen molar-refractivity contribution in [3.8, 4) is 0 Å². The normalized spacial score (nSPS) is 13.7. The summed E-state index contributed by atoms with van der Waals surface area (Å²) >= 11 is 0. The highest BCUT2D eigenvalue weighted by molar-refractivity contribution is 5.76. The van der Waals surface area contributed by atoms with Crippen molar-refractivity contribution in [2.45, 2.75) is 33.2 Å². The molecule has 0 aliphatic carbocycles. The first-order chi connectivity index (χ1) is 8.29. The fraction of sp³-hybridized carbons (Fsp3) is 0.643. The number of nitrogens with zero attached hydrogens (tertiary/aromatic N) is 1. The van der Waals surface area contributed by atoms with Crippen molar-refractivity contribution < 1.29 is 9.21 Å². The molecule has 1 amide bonds. The third-order valence-electron chi connectivity index (χ3n) is 2.68. The maximum absolute atomic E-state index is 11.8. The van der Waals surface area contributed by atoms with E-state index < -0.39 is 0 Å². The average Bonchev–Trinajstić information content (AvgIpc) is 2.67. The average molecular weight is 252 g/mol. The van der Waals surface area contributed by atoms with Crippen molar-refractivity contribution in [1.29, 1.82) is 0 Å². The third-order valence-corrected chi connectivity index (χ3v) is 2.68. The standard InChI is InChI=1S/C14H24N2O2/c1-14(2,3)9-13(17)15-10-11(16(4)5)12-7-6-8-18-12/h6-8,11H,9-10H2,1-5H3,(H,15,17)/t11-/m0/s1. The Morgan fingerprint density at radius 3 is 2.56 bits per heavy atom. The topological polar surface area (TPSA) is 45.5 Å². The van der Waals surface area contributed by atoms with Gasteiger partial charge in [0.2, 0.25) is 5.91 Å². The van der Waals surface area contributed by atoms with E-state index in [1.807, 2.05) is 31.1 Å². The number of rotatable bonds is 5. The van der Waals surface area contributed by atoms with Crippen LogP contribution in [0.4, 0.5) is 0 Å². The van der Waals surface area contributed by atoms with Crippen LogP contribution in [0.5, 0.6) is 0 Å². The van der Waals surface area contributed by atoms with Gasteiger partial charge < -0.3 is 9.73 Å². The van der Waals surface area contributed by atoms with Crippen molar-refractivity contribution in [1.82, 2.24) is 10.2 Å². The molecule has 1 N–H and O–H groups in total. The second-order valence-corrected chi connectivity index (χ2v) is 6.04. The second-order valence-electron chi connectivity index (χ2n) is 6.04. The number of nitrogens with one attached hydrogen (secondary N) is 1. The molecule has 0 radical (unpaired) electrons. The summed E-state index contributed by atoms with van der Waals surface area (Å²) in [6, 6.07) is 3.87. The highest BCUT2D eigenvalue weighted by Gasteiger charge is 2.20. The number of carbonyl (C=O) groups is 1. The molecule has 4 nitrogen and oxygen atoms in total. The lowest BCUT2D eigenvalue weighted by Crippen LogP contribution is -2.35. The van der Waals surface area contributed by atoms with Gasteiger partial charge in [0.25, 0.3) is 0 Å². The maximum atomic E-state index is 11.8. The lowest BCUT2D eigenvalue weighted by atomic mass is 9.92. The van der Waals surface area contributed by atoms with Crippen LogP contribution >= 0.6 is 0 Å². The minimum Gasteiger partial charge on any atom is -0.468 e. The minimum atomic E-state index is 0.0162. The van der Waals surface area contributed by atoms with E-state index in [0.29, 0.717) is 13.0 Å². The summed E-state index contributed by atoms with van der Waals surface area (Å²) in [6.07, 6.45) is 2.19. The molecule has 102 valence electrons. The molecule has 4 heteroatoms. The fourth-order valence-corrected chi connectivity index (χ4v) is 1.77. The number of carbonyl (C=O) groups excluding carboxylic acids is 1. The number of furan rings is 1. The SMILES string of the molecule is CN(C)[C@@H](CNC(=O)CC(C)(C)C)c1ccco1. The van der Waals surface area contributed by atoms with E-state index in [1.54, 1.807) is 6.26 Å². The predicted molar refractivity (Wildman–Crippen MR) is 72.2 cm³/mol. The number of hydrogen-bond acceptors (Lipinski definition) is 3. The number of amides is 1. The van der Waals surface area contributed by atoms with Gasteiger partial charge in [-0.2, -0.15) is 0 Å². The van der Waals surface area contributed by atoms with Gasteiger partial charge in [0.05, 0.1) is 12.3 Å². The van der Waals surface area contributed by atoms with Crippen LogP contribution in [0.25, 0.3) is 0 Å². The Morgan fingerprint density at radius 1 is 1.44 bits per heavy atom. The Kier molecular flexibility index (Phi) is 4.96. The highest BCUT2D eigenvalue weighted by Crippen LogP contribution is 2.20. The van der Waals surface area contributed by atoms with E-state index in [1.165, 1.54) is 0 Å². The molecule has 0 aliphatic heterocycles. The Balaban J connectivity index is 2.52. The fourth-order valence-electron chi connectivity index (χ4n) is 1.77. The highest BCUT2D eigenvalue weighted by atomic mass is 16.3. The molecule has 1 atom stereocenters. The second kappa shape index (κ2) is 6.05. The molecule has 0 aliphatic rings. The van der Waals surface area contributed by atoms with Crippen molar-refractivity contribution in [2.24, 2.45) is 5.41 Å². The molecule has 0 saturated heterocycles. The molecule has 0 spiro atoms. The molecular formula is C14H24N2O2. The van der Waals surface area contributed by atoms with Gasteiger partial charge in [-0.25, -0.2) is 0 Å². The van der Waals surface area contributed by atoms with Crippen LogP contribution in [0.2, 0.25) is 0 Å². The van der Waals surface area contributed by atoms with E-state index >= 15 is 0 Å². The third kappa shape index (κ3) is 4.92. The van der Waals surface area contributed by atoms with Gasteiger partial charge in [0, 0.05) is 13.0 Å². The van der Waals surface area contributed by atoms with Gasteiger partial charge >= 0.3 is 0 Å². The molecule has 0 fully saturated rings. The van der Waals surface area contributed by atoms with Crippen LogP contribution < -0.4 is 5.32 Å². The van der Waals surface area contributed by atoms with Crippen molar-refractivity contribution >= 4 is 5.91 Å². The first kappa shape index (κ1) is 14.8. The zero-order valence-electron chi connectivity index (χ0n) is 12.0. The van der Waals surface area contributed by atoms with Crippen molar-refractivity contribution in [3.05, 3.63) is 24.2 Å². The number of likely N-dealkylation sites (N-methyl/N-ethyl adjacent to an activating group) is 1. The first-order valence-electron chi connectivity index (χ1n) is 6.26. The quantitative estimate of drug-likeness (QED) is 0.875. The van der Waals surface area contributed by atoms with E-state index in [9.17, 15) is 4.79 Å². The summed E-state index contributed by atoms with van der Waals surface area (Å²) in [5.74, 6) is 0.956. The van der Waals surface area contributed by atoms with E-state index in [-0.39, 0.29) is 17.4 Å². The minimum absolute atomic E-state index is 0.0162. The van der Waals surface area contributed by atoms with Crippen LogP contribution in [0, 0.1) is 5.41 Å². The lowest BCUT2D eigenvalue weighted by molar-refractivity contribution is -0.123. The summed E-state index contributed by atoms with van der Waals surface area (Å²) in [6.45, 7) is 6.74. The van der Waals surface area contributed by atoms with Gasteiger partial charge in [0.15, 0.2) is 0 Å². The van der Waals surface area contributed by atoms with Gasteiger partial charge in [-0.05, 0) is 31.6 Å². The summed E-state index contributed by atoms with van der Waals surface area (Å²) in [4.78, 5) is 13.8. The van der Waals surface area contributed by atoms with E-state index in [2.05, 4.69) is 26.1 Å². The van der Waals surface area contributed by atoms with Crippen LogP contribution in [0.1, 0.15) is 39.0 Å². The smallest absolute Gasteiger partial charge is 0.220 e. The summed E-state index contributed by atoms with van der Waals surface area (Å²) < 4.78 is 5.40. The summed E-state index contributed by atoms with van der Waals surface area (Å²) in [7, 11) is 3.95. The Morgan fingerprint density at radius 2 is 2.11 bits per heavy atom. The van der Waals surface area contributed by atoms with Crippen molar-refractivity contribution in [2.75, 3.05) is 20.6 Å². The Labute approximate surface area is 109 Å². The summed E-state index contributed by atoms with van der Waals surface area (Å²) in [5.41, 5.74) is 0.0162. The number of hydrogen-bond donors (Lipinski definition) is 1. The van der Waals surface area contributed by atoms with Crippen LogP contribution in [-0.2, 0) is 4.79 Å². The molecule has 0 aromatic carbocycles. The van der Waals surface area contributed by atoms with Gasteiger partial charge in [0.1, 0.15) is 5.76 Å². The van der Waals surface area contributed by atoms with Crippen LogP contribution in [-0.4, -0.2) is 31.4 Å². The molecule has 0 bridgehead atoms. The molecule has 1 heterocycles. The monoisotopic (exact) mass is 252 g/mol. The van der Waals surface area contributed by atoms with Crippen molar-refractivity contribution in [3.63, 3.8) is 0 Å². The largest absolute Gasteiger partial charge is 0.468 e. The Bertz CT molecular complexity index is 364. The summed E-state index contributed by atoms with van der Waals surface area (Å²) in [5, 5.41) is 2.97. The van der Waals surface area contributed by atoms with Gasteiger partial charge in [-0.1, -0.05) is 20.8 Å². The van der Waals surface area contributed by atoms with Gasteiger partial charge in [-0.3, -0.25) is 9.69 Å². The van der Waals surface area contributed by atoms with Crippen LogP contribution in [0.15, 0.2) is 22.8 Å². The molecule has 1 aromatic heterocycles. The van der Waals surface area contributed by atoms with Gasteiger partial charge in [-0.15, -0.1) is 0 Å². The molecule has 0 saturated carbocycles. The maximum Gasteiger partial charge on any atom is 0.220 e. The predicted octanol–water partition coefficient (Wildman–Crippen LogP) is 2.43. The molecule has 1 aromatic rings. The molecule has 18 heavy (non-hydrogen) atoms.